The van der Waals surface area contributed by atoms with E-state index in [4.69, 9.17) is 4.98 Å². The predicted octanol–water partition coefficient (Wildman–Crippen LogP) is 4.02. The van der Waals surface area contributed by atoms with E-state index >= 15 is 0 Å². The first-order valence-electron chi connectivity index (χ1n) is 10.8. The number of aliphatic hydroxyl groups excluding tert-OH is 1. The highest BCUT2D eigenvalue weighted by molar-refractivity contribution is 6.04. The minimum absolute atomic E-state index is 0.00589. The van der Waals surface area contributed by atoms with Crippen molar-refractivity contribution in [3.05, 3.63) is 40.8 Å². The molecule has 3 aromatic rings. The Labute approximate surface area is 170 Å². The number of nitrogens with zero attached hydrogens (tertiary/aromatic N) is 3. The Kier molecular flexibility index (Phi) is 4.54. The van der Waals surface area contributed by atoms with Crippen LogP contribution < -0.4 is 10.9 Å². The predicted molar refractivity (Wildman–Crippen MR) is 115 cm³/mol. The van der Waals surface area contributed by atoms with E-state index < -0.39 is 0 Å². The number of pyridine rings is 1. The smallest absolute Gasteiger partial charge is 0.260 e. The molecule has 0 spiro atoms. The van der Waals surface area contributed by atoms with Crippen LogP contribution in [0.25, 0.3) is 21.8 Å². The van der Waals surface area contributed by atoms with Crippen molar-refractivity contribution in [1.29, 1.82) is 0 Å². The van der Waals surface area contributed by atoms with Gasteiger partial charge >= 0.3 is 0 Å². The molecule has 0 radical (unpaired) electrons. The minimum atomic E-state index is -0.260. The average Bonchev–Trinajstić information content (AvgIpc) is 3.54. The normalized spacial score (nSPS) is 23.4. The van der Waals surface area contributed by atoms with Crippen molar-refractivity contribution < 1.29 is 5.11 Å². The Morgan fingerprint density at radius 1 is 1.14 bits per heavy atom. The monoisotopic (exact) mass is 392 g/mol. The SMILES string of the molecule is CCC1(CNc2ncc3c4ccccc4c(=O)n([C@H]4CC[C@H](O)CC4)c3n2)CC1. The number of fused-ring (bicyclic) bond motifs is 3. The summed E-state index contributed by atoms with van der Waals surface area (Å²) in [6.45, 7) is 3.11. The molecule has 6 nitrogen and oxygen atoms in total. The summed E-state index contributed by atoms with van der Waals surface area (Å²) in [6, 6.07) is 7.77. The van der Waals surface area contributed by atoms with Gasteiger partial charge in [-0.1, -0.05) is 25.1 Å². The maximum absolute atomic E-state index is 13.4. The molecule has 2 aliphatic rings. The van der Waals surface area contributed by atoms with Crippen molar-refractivity contribution in [2.75, 3.05) is 11.9 Å². The van der Waals surface area contributed by atoms with Crippen molar-refractivity contribution in [3.8, 4) is 0 Å². The number of aliphatic hydroxyl groups is 1. The molecule has 0 atom stereocenters. The summed E-state index contributed by atoms with van der Waals surface area (Å²) in [4.78, 5) is 22.8. The average molecular weight is 393 g/mol. The van der Waals surface area contributed by atoms with Gasteiger partial charge in [0, 0.05) is 29.6 Å². The molecule has 0 amide bonds. The fraction of sp³-hybridized carbons (Fsp3) is 0.522. The second-order valence-corrected chi connectivity index (χ2v) is 8.82. The number of nitrogens with one attached hydrogen (secondary N) is 1. The van der Waals surface area contributed by atoms with Crippen LogP contribution in [0, 0.1) is 5.41 Å². The van der Waals surface area contributed by atoms with Crippen molar-refractivity contribution >= 4 is 27.8 Å². The van der Waals surface area contributed by atoms with Gasteiger partial charge in [0.1, 0.15) is 5.65 Å². The first kappa shape index (κ1) is 18.6. The van der Waals surface area contributed by atoms with Gasteiger partial charge in [-0.15, -0.1) is 0 Å². The second kappa shape index (κ2) is 7.10. The third kappa shape index (κ3) is 3.29. The molecule has 2 aliphatic carbocycles. The third-order valence-corrected chi connectivity index (χ3v) is 7.02. The topological polar surface area (TPSA) is 80.0 Å². The first-order chi connectivity index (χ1) is 14.1. The molecule has 5 rings (SSSR count). The van der Waals surface area contributed by atoms with Crippen molar-refractivity contribution in [1.82, 2.24) is 14.5 Å². The molecule has 152 valence electrons. The van der Waals surface area contributed by atoms with Crippen molar-refractivity contribution in [2.45, 2.75) is 64.0 Å². The lowest BCUT2D eigenvalue weighted by molar-refractivity contribution is 0.111. The zero-order valence-electron chi connectivity index (χ0n) is 16.9. The van der Waals surface area contributed by atoms with E-state index in [9.17, 15) is 9.90 Å². The summed E-state index contributed by atoms with van der Waals surface area (Å²) in [6.07, 6.45) is 8.29. The summed E-state index contributed by atoms with van der Waals surface area (Å²) in [5.41, 5.74) is 1.10. The van der Waals surface area contributed by atoms with Crippen molar-refractivity contribution in [2.24, 2.45) is 5.41 Å². The second-order valence-electron chi connectivity index (χ2n) is 8.82. The van der Waals surface area contributed by atoms with Crippen LogP contribution in [0.2, 0.25) is 0 Å². The van der Waals surface area contributed by atoms with Crippen LogP contribution in [-0.2, 0) is 0 Å². The molecule has 0 unspecified atom stereocenters. The van der Waals surface area contributed by atoms with E-state index in [1.54, 1.807) is 0 Å². The molecule has 6 heteroatoms. The standard InChI is InChI=1S/C23H28N4O2/c1-2-23(11-12-23)14-25-22-24-13-19-17-5-3-4-6-18(17)21(29)27(20(19)26-22)15-7-9-16(28)10-8-15/h3-6,13,15-16,28H,2,7-12,14H2,1H3,(H,24,25,26)/t15-,16-. The molecule has 29 heavy (non-hydrogen) atoms. The van der Waals surface area contributed by atoms with Gasteiger partial charge in [-0.05, 0) is 61.8 Å². The highest BCUT2D eigenvalue weighted by atomic mass is 16.3. The van der Waals surface area contributed by atoms with Crippen LogP contribution in [0.5, 0.6) is 0 Å². The highest BCUT2D eigenvalue weighted by Gasteiger charge is 2.40. The lowest BCUT2D eigenvalue weighted by Gasteiger charge is -2.28. The Morgan fingerprint density at radius 2 is 1.86 bits per heavy atom. The maximum Gasteiger partial charge on any atom is 0.260 e. The molecule has 2 heterocycles. The van der Waals surface area contributed by atoms with E-state index in [-0.39, 0.29) is 17.7 Å². The molecule has 2 N–H and O–H groups in total. The summed E-state index contributed by atoms with van der Waals surface area (Å²) in [7, 11) is 0. The highest BCUT2D eigenvalue weighted by Crippen LogP contribution is 2.48. The fourth-order valence-electron chi connectivity index (χ4n) is 4.72. The molecule has 2 fully saturated rings. The van der Waals surface area contributed by atoms with Crippen molar-refractivity contribution in [3.63, 3.8) is 0 Å². The van der Waals surface area contributed by atoms with Gasteiger partial charge in [0.15, 0.2) is 0 Å². The zero-order chi connectivity index (χ0) is 20.0. The van der Waals surface area contributed by atoms with Crippen LogP contribution in [0.15, 0.2) is 35.3 Å². The Bertz CT molecular complexity index is 1110. The number of rotatable bonds is 5. The van der Waals surface area contributed by atoms with E-state index in [0.29, 0.717) is 22.4 Å². The summed E-state index contributed by atoms with van der Waals surface area (Å²) < 4.78 is 1.86. The fourth-order valence-corrected chi connectivity index (χ4v) is 4.72. The van der Waals surface area contributed by atoms with Crippen LogP contribution in [0.1, 0.15) is 57.9 Å². The van der Waals surface area contributed by atoms with Gasteiger partial charge in [-0.2, -0.15) is 4.98 Å². The summed E-state index contributed by atoms with van der Waals surface area (Å²) in [5.74, 6) is 0.594. The van der Waals surface area contributed by atoms with E-state index in [2.05, 4.69) is 17.2 Å². The Balaban J connectivity index is 1.63. The molecule has 1 aromatic carbocycles. The van der Waals surface area contributed by atoms with Gasteiger partial charge in [0.25, 0.3) is 5.56 Å². The lowest BCUT2D eigenvalue weighted by atomic mass is 9.92. The third-order valence-electron chi connectivity index (χ3n) is 7.02. The maximum atomic E-state index is 13.4. The lowest BCUT2D eigenvalue weighted by Crippen LogP contribution is -2.30. The molecular weight excluding hydrogens is 364 g/mol. The number of anilines is 1. The van der Waals surface area contributed by atoms with Gasteiger partial charge in [0.2, 0.25) is 5.95 Å². The largest absolute Gasteiger partial charge is 0.393 e. The van der Waals surface area contributed by atoms with Crippen LogP contribution >= 0.6 is 0 Å². The number of hydrogen-bond acceptors (Lipinski definition) is 5. The summed E-state index contributed by atoms with van der Waals surface area (Å²) in [5, 5.41) is 15.9. The minimum Gasteiger partial charge on any atom is -0.393 e. The molecule has 0 saturated heterocycles. The van der Waals surface area contributed by atoms with Gasteiger partial charge in [-0.3, -0.25) is 9.36 Å². The number of hydrogen-bond donors (Lipinski definition) is 2. The van der Waals surface area contributed by atoms with E-state index in [1.165, 1.54) is 12.8 Å². The van der Waals surface area contributed by atoms with Gasteiger partial charge in [0.05, 0.1) is 6.10 Å². The molecule has 2 aromatic heterocycles. The Hall–Kier alpha value is -2.47. The van der Waals surface area contributed by atoms with Crippen LogP contribution in [0.3, 0.4) is 0 Å². The number of aromatic nitrogens is 3. The Morgan fingerprint density at radius 3 is 2.55 bits per heavy atom. The van der Waals surface area contributed by atoms with Gasteiger partial charge < -0.3 is 10.4 Å². The molecule has 0 bridgehead atoms. The van der Waals surface area contributed by atoms with E-state index in [1.807, 2.05) is 35.0 Å². The zero-order valence-corrected chi connectivity index (χ0v) is 16.9. The van der Waals surface area contributed by atoms with Crippen LogP contribution in [0.4, 0.5) is 5.95 Å². The summed E-state index contributed by atoms with van der Waals surface area (Å²) >= 11 is 0. The van der Waals surface area contributed by atoms with E-state index in [0.717, 1.165) is 49.4 Å². The van der Waals surface area contributed by atoms with Gasteiger partial charge in [-0.25, -0.2) is 4.98 Å². The molecule has 2 saturated carbocycles. The first-order valence-corrected chi connectivity index (χ1v) is 10.8. The molecular formula is C23H28N4O2. The molecule has 0 aliphatic heterocycles. The number of benzene rings is 1. The quantitative estimate of drug-likeness (QED) is 0.641. The van der Waals surface area contributed by atoms with Crippen LogP contribution in [-0.4, -0.2) is 32.3 Å².